The van der Waals surface area contributed by atoms with Gasteiger partial charge in [0.15, 0.2) is 6.04 Å². The van der Waals surface area contributed by atoms with Gasteiger partial charge in [0.2, 0.25) is 5.91 Å². The van der Waals surface area contributed by atoms with Crippen molar-refractivity contribution in [2.75, 3.05) is 7.11 Å². The quantitative estimate of drug-likeness (QED) is 0.717. The summed E-state index contributed by atoms with van der Waals surface area (Å²) >= 11 is 6.06. The highest BCUT2D eigenvalue weighted by Crippen LogP contribution is 2.28. The number of nitrogens with one attached hydrogen (secondary N) is 1. The van der Waals surface area contributed by atoms with E-state index in [0.717, 1.165) is 5.56 Å². The standard InChI is InChI=1S/C20H22ClNO5/c1-12(2)27-15-6-4-5-13(9-15)10-18(23)22-19(20(24)25)14-7-8-17(26-3)16(21)11-14/h4-9,11-12,19H,10H2,1-3H3,(H,22,23)(H,24,25). The van der Waals surface area contributed by atoms with Crippen LogP contribution in [0.15, 0.2) is 42.5 Å². The highest BCUT2D eigenvalue weighted by atomic mass is 35.5. The van der Waals surface area contributed by atoms with Crippen LogP contribution in [0.1, 0.15) is 31.0 Å². The van der Waals surface area contributed by atoms with Gasteiger partial charge in [0.25, 0.3) is 0 Å². The van der Waals surface area contributed by atoms with E-state index in [9.17, 15) is 14.7 Å². The first-order chi connectivity index (χ1) is 12.8. The van der Waals surface area contributed by atoms with E-state index < -0.39 is 17.9 Å². The Morgan fingerprint density at radius 1 is 1.19 bits per heavy atom. The van der Waals surface area contributed by atoms with Gasteiger partial charge >= 0.3 is 5.97 Å². The van der Waals surface area contributed by atoms with E-state index in [0.29, 0.717) is 17.1 Å². The van der Waals surface area contributed by atoms with Crippen molar-refractivity contribution in [1.82, 2.24) is 5.32 Å². The Balaban J connectivity index is 2.11. The van der Waals surface area contributed by atoms with Gasteiger partial charge in [0.05, 0.1) is 24.7 Å². The molecule has 144 valence electrons. The van der Waals surface area contributed by atoms with Crippen molar-refractivity contribution in [3.8, 4) is 11.5 Å². The van der Waals surface area contributed by atoms with Crippen molar-refractivity contribution in [3.05, 3.63) is 58.6 Å². The van der Waals surface area contributed by atoms with Crippen LogP contribution in [0.4, 0.5) is 0 Å². The van der Waals surface area contributed by atoms with Crippen LogP contribution in [-0.4, -0.2) is 30.2 Å². The minimum atomic E-state index is -1.21. The molecule has 0 fully saturated rings. The summed E-state index contributed by atoms with van der Waals surface area (Å²) in [6, 6.07) is 10.5. The van der Waals surface area contributed by atoms with Gasteiger partial charge in [-0.2, -0.15) is 0 Å². The number of hydrogen-bond donors (Lipinski definition) is 2. The maximum absolute atomic E-state index is 12.4. The van der Waals surface area contributed by atoms with Gasteiger partial charge in [-0.1, -0.05) is 29.8 Å². The fourth-order valence-corrected chi connectivity index (χ4v) is 2.81. The van der Waals surface area contributed by atoms with Crippen LogP contribution >= 0.6 is 11.6 Å². The van der Waals surface area contributed by atoms with Crippen molar-refractivity contribution in [1.29, 1.82) is 0 Å². The second-order valence-electron chi connectivity index (χ2n) is 6.22. The Morgan fingerprint density at radius 2 is 1.93 bits per heavy atom. The Hall–Kier alpha value is -2.73. The molecule has 27 heavy (non-hydrogen) atoms. The van der Waals surface area contributed by atoms with Gasteiger partial charge in [-0.25, -0.2) is 4.79 Å². The van der Waals surface area contributed by atoms with Crippen LogP contribution in [0, 0.1) is 0 Å². The molecule has 0 saturated carbocycles. The third kappa shape index (κ3) is 5.89. The lowest BCUT2D eigenvalue weighted by Crippen LogP contribution is -2.34. The fourth-order valence-electron chi connectivity index (χ4n) is 2.55. The third-order valence-corrected chi connectivity index (χ3v) is 3.99. The number of rotatable bonds is 8. The lowest BCUT2D eigenvalue weighted by Gasteiger charge is -2.16. The van der Waals surface area contributed by atoms with E-state index in [-0.39, 0.29) is 17.5 Å². The van der Waals surface area contributed by atoms with E-state index in [1.165, 1.54) is 13.2 Å². The van der Waals surface area contributed by atoms with Crippen LogP contribution < -0.4 is 14.8 Å². The Labute approximate surface area is 163 Å². The molecule has 0 bridgehead atoms. The molecule has 1 unspecified atom stereocenters. The molecule has 2 rings (SSSR count). The SMILES string of the molecule is COc1ccc(C(NC(=O)Cc2cccc(OC(C)C)c2)C(=O)O)cc1Cl. The molecule has 0 aliphatic heterocycles. The first kappa shape index (κ1) is 20.6. The van der Waals surface area contributed by atoms with Crippen molar-refractivity contribution in [2.45, 2.75) is 32.4 Å². The number of methoxy groups -OCH3 is 1. The minimum Gasteiger partial charge on any atom is -0.495 e. The monoisotopic (exact) mass is 391 g/mol. The van der Waals surface area contributed by atoms with Gasteiger partial charge in [-0.3, -0.25) is 4.79 Å². The number of carboxylic acid groups (broad SMARTS) is 1. The van der Waals surface area contributed by atoms with Crippen molar-refractivity contribution in [3.63, 3.8) is 0 Å². The van der Waals surface area contributed by atoms with E-state index in [1.807, 2.05) is 13.8 Å². The van der Waals surface area contributed by atoms with Gasteiger partial charge in [-0.15, -0.1) is 0 Å². The average Bonchev–Trinajstić information content (AvgIpc) is 2.59. The maximum atomic E-state index is 12.4. The molecule has 1 amide bonds. The molecule has 0 aromatic heterocycles. The highest BCUT2D eigenvalue weighted by molar-refractivity contribution is 6.32. The number of carbonyl (C=O) groups excluding carboxylic acids is 1. The summed E-state index contributed by atoms with van der Waals surface area (Å²) in [5.41, 5.74) is 1.08. The van der Waals surface area contributed by atoms with Crippen molar-refractivity contribution >= 4 is 23.5 Å². The molecule has 2 aromatic carbocycles. The first-order valence-corrected chi connectivity index (χ1v) is 8.79. The number of amides is 1. The number of hydrogen-bond acceptors (Lipinski definition) is 4. The van der Waals surface area contributed by atoms with Crippen LogP contribution in [0.25, 0.3) is 0 Å². The second-order valence-corrected chi connectivity index (χ2v) is 6.63. The second kappa shape index (κ2) is 9.28. The van der Waals surface area contributed by atoms with Crippen LogP contribution in [0.5, 0.6) is 11.5 Å². The summed E-state index contributed by atoms with van der Waals surface area (Å²) in [6.07, 6.45) is 0.0495. The molecule has 0 aliphatic carbocycles. The molecule has 2 aromatic rings. The van der Waals surface area contributed by atoms with E-state index in [2.05, 4.69) is 5.32 Å². The lowest BCUT2D eigenvalue weighted by atomic mass is 10.1. The van der Waals surface area contributed by atoms with E-state index >= 15 is 0 Å². The van der Waals surface area contributed by atoms with Crippen molar-refractivity contribution in [2.24, 2.45) is 0 Å². The molecule has 0 saturated heterocycles. The lowest BCUT2D eigenvalue weighted by molar-refractivity contribution is -0.141. The Morgan fingerprint density at radius 3 is 2.52 bits per heavy atom. The number of halogens is 1. The largest absolute Gasteiger partial charge is 0.495 e. The molecular formula is C20H22ClNO5. The Kier molecular flexibility index (Phi) is 7.07. The van der Waals surface area contributed by atoms with Crippen molar-refractivity contribution < 1.29 is 24.2 Å². The molecule has 1 atom stereocenters. The zero-order valence-corrected chi connectivity index (χ0v) is 16.1. The highest BCUT2D eigenvalue weighted by Gasteiger charge is 2.23. The summed E-state index contributed by atoms with van der Waals surface area (Å²) in [7, 11) is 1.47. The minimum absolute atomic E-state index is 0.0188. The molecule has 7 heteroatoms. The summed E-state index contributed by atoms with van der Waals surface area (Å²) in [5.74, 6) is -0.512. The fraction of sp³-hybridized carbons (Fsp3) is 0.300. The molecule has 0 radical (unpaired) electrons. The zero-order valence-electron chi connectivity index (χ0n) is 15.4. The van der Waals surface area contributed by atoms with Crippen LogP contribution in [0.2, 0.25) is 5.02 Å². The van der Waals surface area contributed by atoms with E-state index in [1.54, 1.807) is 36.4 Å². The molecular weight excluding hydrogens is 370 g/mol. The molecule has 2 N–H and O–H groups in total. The van der Waals surface area contributed by atoms with Gasteiger partial charge in [0.1, 0.15) is 11.5 Å². The maximum Gasteiger partial charge on any atom is 0.330 e. The average molecular weight is 392 g/mol. The van der Waals surface area contributed by atoms with Crippen LogP contribution in [-0.2, 0) is 16.0 Å². The van der Waals surface area contributed by atoms with Crippen LogP contribution in [0.3, 0.4) is 0 Å². The number of ether oxygens (including phenoxy) is 2. The normalized spacial score (nSPS) is 11.7. The molecule has 0 aliphatic rings. The van der Waals surface area contributed by atoms with E-state index in [4.69, 9.17) is 21.1 Å². The zero-order chi connectivity index (χ0) is 20.0. The molecule has 0 heterocycles. The summed E-state index contributed by atoms with van der Waals surface area (Å²) in [6.45, 7) is 3.83. The Bertz CT molecular complexity index is 822. The summed E-state index contributed by atoms with van der Waals surface area (Å²) in [5, 5.41) is 12.3. The summed E-state index contributed by atoms with van der Waals surface area (Å²) < 4.78 is 10.7. The van der Waals surface area contributed by atoms with Gasteiger partial charge < -0.3 is 19.9 Å². The number of carboxylic acids is 1. The topological polar surface area (TPSA) is 84.9 Å². The number of carbonyl (C=O) groups is 2. The smallest absolute Gasteiger partial charge is 0.330 e. The number of aliphatic carboxylic acids is 1. The predicted octanol–water partition coefficient (Wildman–Crippen LogP) is 3.62. The molecule has 6 nitrogen and oxygen atoms in total. The van der Waals surface area contributed by atoms with Gasteiger partial charge in [-0.05, 0) is 49.2 Å². The number of benzene rings is 2. The predicted molar refractivity (Wildman–Crippen MR) is 102 cm³/mol. The first-order valence-electron chi connectivity index (χ1n) is 8.41. The summed E-state index contributed by atoms with van der Waals surface area (Å²) in [4.78, 5) is 24.0. The molecule has 0 spiro atoms. The third-order valence-electron chi connectivity index (χ3n) is 3.70. The van der Waals surface area contributed by atoms with Gasteiger partial charge in [0, 0.05) is 0 Å².